The number of halogens is 4. The summed E-state index contributed by atoms with van der Waals surface area (Å²) in [5.74, 6) is -1.68. The van der Waals surface area contributed by atoms with Crippen molar-refractivity contribution in [2.45, 2.75) is 6.54 Å². The van der Waals surface area contributed by atoms with Gasteiger partial charge in [0.15, 0.2) is 11.6 Å². The highest BCUT2D eigenvalue weighted by atomic mass is 79.9. The quantitative estimate of drug-likeness (QED) is 0.834. The number of hydrogen-bond donors (Lipinski definition) is 1. The predicted molar refractivity (Wildman–Crippen MR) is 72.8 cm³/mol. The van der Waals surface area contributed by atoms with Gasteiger partial charge in [-0.1, -0.05) is 17.7 Å². The normalized spacial score (nSPS) is 10.4. The fourth-order valence-corrected chi connectivity index (χ4v) is 1.96. The van der Waals surface area contributed by atoms with Gasteiger partial charge in [-0.2, -0.15) is 0 Å². The van der Waals surface area contributed by atoms with Gasteiger partial charge in [0.05, 0.1) is 5.02 Å². The summed E-state index contributed by atoms with van der Waals surface area (Å²) in [6.07, 6.45) is 0. The van der Waals surface area contributed by atoms with Crippen molar-refractivity contribution in [3.8, 4) is 0 Å². The van der Waals surface area contributed by atoms with Crippen molar-refractivity contribution in [2.24, 2.45) is 0 Å². The van der Waals surface area contributed by atoms with E-state index in [2.05, 4.69) is 21.2 Å². The molecule has 0 saturated carbocycles. The fourth-order valence-electron chi connectivity index (χ4n) is 1.46. The molecule has 0 fully saturated rings. The SMILES string of the molecule is Fc1ccc(CNc2ccc(Cl)c(Br)c2)cc1F. The average molecular weight is 333 g/mol. The summed E-state index contributed by atoms with van der Waals surface area (Å²) in [6.45, 7) is 0.408. The van der Waals surface area contributed by atoms with E-state index >= 15 is 0 Å². The number of hydrogen-bond acceptors (Lipinski definition) is 1. The van der Waals surface area contributed by atoms with Crippen LogP contribution >= 0.6 is 27.5 Å². The van der Waals surface area contributed by atoms with Crippen LogP contribution in [0, 0.1) is 11.6 Å². The molecule has 1 N–H and O–H groups in total. The van der Waals surface area contributed by atoms with Gasteiger partial charge in [-0.15, -0.1) is 0 Å². The molecule has 1 nitrogen and oxygen atoms in total. The number of anilines is 1. The minimum absolute atomic E-state index is 0.408. The minimum atomic E-state index is -0.841. The fraction of sp³-hybridized carbons (Fsp3) is 0.0769. The van der Waals surface area contributed by atoms with Crippen molar-refractivity contribution in [3.05, 3.63) is 63.1 Å². The van der Waals surface area contributed by atoms with E-state index in [1.54, 1.807) is 6.07 Å². The lowest BCUT2D eigenvalue weighted by molar-refractivity contribution is 0.507. The first kappa shape index (κ1) is 13.3. The van der Waals surface area contributed by atoms with Crippen molar-refractivity contribution < 1.29 is 8.78 Å². The first-order chi connectivity index (χ1) is 8.56. The molecule has 0 aromatic heterocycles. The molecule has 0 aliphatic heterocycles. The van der Waals surface area contributed by atoms with Gasteiger partial charge < -0.3 is 5.32 Å². The highest BCUT2D eigenvalue weighted by Gasteiger charge is 2.03. The van der Waals surface area contributed by atoms with Crippen LogP contribution in [-0.2, 0) is 6.54 Å². The Bertz CT molecular complexity index is 523. The Kier molecular flexibility index (Phi) is 4.19. The van der Waals surface area contributed by atoms with Gasteiger partial charge in [-0.25, -0.2) is 8.78 Å². The van der Waals surface area contributed by atoms with Crippen molar-refractivity contribution in [1.82, 2.24) is 0 Å². The molecule has 2 rings (SSSR count). The third kappa shape index (κ3) is 3.21. The van der Waals surface area contributed by atoms with Gasteiger partial charge in [-0.05, 0) is 51.8 Å². The van der Waals surface area contributed by atoms with Crippen LogP contribution in [0.1, 0.15) is 5.56 Å². The largest absolute Gasteiger partial charge is 0.381 e. The Morgan fingerprint density at radius 1 is 1.06 bits per heavy atom. The van der Waals surface area contributed by atoms with E-state index in [0.29, 0.717) is 17.1 Å². The molecule has 0 unspecified atom stereocenters. The molecule has 0 amide bonds. The maximum absolute atomic E-state index is 13.0. The maximum atomic E-state index is 13.0. The van der Waals surface area contributed by atoms with E-state index in [0.717, 1.165) is 16.2 Å². The van der Waals surface area contributed by atoms with Crippen molar-refractivity contribution in [1.29, 1.82) is 0 Å². The van der Waals surface area contributed by atoms with Crippen LogP contribution in [0.15, 0.2) is 40.9 Å². The van der Waals surface area contributed by atoms with Crippen LogP contribution < -0.4 is 5.32 Å². The topological polar surface area (TPSA) is 12.0 Å². The minimum Gasteiger partial charge on any atom is -0.381 e. The smallest absolute Gasteiger partial charge is 0.159 e. The molecule has 94 valence electrons. The van der Waals surface area contributed by atoms with E-state index in [4.69, 9.17) is 11.6 Å². The van der Waals surface area contributed by atoms with Crippen LogP contribution in [0.4, 0.5) is 14.5 Å². The van der Waals surface area contributed by atoms with Crippen LogP contribution in [-0.4, -0.2) is 0 Å². The van der Waals surface area contributed by atoms with E-state index in [9.17, 15) is 8.78 Å². The van der Waals surface area contributed by atoms with E-state index in [-0.39, 0.29) is 0 Å². The van der Waals surface area contributed by atoms with Crippen molar-refractivity contribution in [3.63, 3.8) is 0 Å². The summed E-state index contributed by atoms with van der Waals surface area (Å²) in [6, 6.07) is 9.21. The second-order valence-corrected chi connectivity index (χ2v) is 4.99. The lowest BCUT2D eigenvalue weighted by Crippen LogP contribution is -2.00. The lowest BCUT2D eigenvalue weighted by Gasteiger charge is -2.08. The van der Waals surface area contributed by atoms with Gasteiger partial charge in [0.25, 0.3) is 0 Å². The van der Waals surface area contributed by atoms with Gasteiger partial charge in [0, 0.05) is 16.7 Å². The van der Waals surface area contributed by atoms with Crippen LogP contribution in [0.25, 0.3) is 0 Å². The molecule has 0 heterocycles. The molecule has 18 heavy (non-hydrogen) atoms. The molecule has 0 spiro atoms. The highest BCUT2D eigenvalue weighted by Crippen LogP contribution is 2.25. The summed E-state index contributed by atoms with van der Waals surface area (Å²) < 4.78 is 26.5. The van der Waals surface area contributed by atoms with Crippen LogP contribution in [0.5, 0.6) is 0 Å². The summed E-state index contributed by atoms with van der Waals surface area (Å²) in [4.78, 5) is 0. The molecule has 0 bridgehead atoms. The second-order valence-electron chi connectivity index (χ2n) is 3.73. The van der Waals surface area contributed by atoms with Crippen LogP contribution in [0.3, 0.4) is 0 Å². The summed E-state index contributed by atoms with van der Waals surface area (Å²) in [5.41, 5.74) is 1.51. The molecule has 0 aliphatic carbocycles. The van der Waals surface area contributed by atoms with Gasteiger partial charge in [0.1, 0.15) is 0 Å². The first-order valence-corrected chi connectivity index (χ1v) is 6.36. The lowest BCUT2D eigenvalue weighted by atomic mass is 10.2. The molecule has 2 aromatic rings. The average Bonchev–Trinajstić information content (AvgIpc) is 2.35. The monoisotopic (exact) mass is 331 g/mol. The molecule has 2 aromatic carbocycles. The van der Waals surface area contributed by atoms with Gasteiger partial charge in [-0.3, -0.25) is 0 Å². The van der Waals surface area contributed by atoms with E-state index in [1.165, 1.54) is 12.1 Å². The molecule has 0 saturated heterocycles. The standard InChI is InChI=1S/C13H9BrClF2N/c14-10-6-9(2-3-11(10)15)18-7-8-1-4-12(16)13(17)5-8/h1-6,18H,7H2. The third-order valence-electron chi connectivity index (χ3n) is 2.40. The molecular formula is C13H9BrClF2N. The number of nitrogens with one attached hydrogen (secondary N) is 1. The van der Waals surface area contributed by atoms with E-state index < -0.39 is 11.6 Å². The van der Waals surface area contributed by atoms with Crippen LogP contribution in [0.2, 0.25) is 5.02 Å². The molecule has 5 heteroatoms. The Hall–Kier alpha value is -1.13. The summed E-state index contributed by atoms with van der Waals surface area (Å²) >= 11 is 9.18. The zero-order chi connectivity index (χ0) is 13.1. The first-order valence-electron chi connectivity index (χ1n) is 5.19. The second kappa shape index (κ2) is 5.67. The Morgan fingerprint density at radius 2 is 1.83 bits per heavy atom. The molecule has 0 atom stereocenters. The summed E-state index contributed by atoms with van der Waals surface area (Å²) in [5, 5.41) is 3.72. The van der Waals surface area contributed by atoms with Crippen molar-refractivity contribution in [2.75, 3.05) is 5.32 Å². The number of rotatable bonds is 3. The number of benzene rings is 2. The predicted octanol–water partition coefficient (Wildman–Crippen LogP) is 4.99. The Balaban J connectivity index is 2.06. The van der Waals surface area contributed by atoms with Gasteiger partial charge in [0.2, 0.25) is 0 Å². The Morgan fingerprint density at radius 3 is 2.50 bits per heavy atom. The van der Waals surface area contributed by atoms with E-state index in [1.807, 2.05) is 12.1 Å². The third-order valence-corrected chi connectivity index (χ3v) is 3.61. The zero-order valence-electron chi connectivity index (χ0n) is 9.18. The molecular weight excluding hydrogens is 324 g/mol. The molecule has 0 radical (unpaired) electrons. The van der Waals surface area contributed by atoms with Crippen molar-refractivity contribution >= 4 is 33.2 Å². The Labute approximate surface area is 117 Å². The highest BCUT2D eigenvalue weighted by molar-refractivity contribution is 9.10. The zero-order valence-corrected chi connectivity index (χ0v) is 11.5. The summed E-state index contributed by atoms with van der Waals surface area (Å²) in [7, 11) is 0. The molecule has 0 aliphatic rings. The maximum Gasteiger partial charge on any atom is 0.159 e. The van der Waals surface area contributed by atoms with Gasteiger partial charge >= 0.3 is 0 Å².